The number of phenolic OH excluding ortho intramolecular Hbond substituents is 2. The van der Waals surface area contributed by atoms with Crippen molar-refractivity contribution in [2.45, 2.75) is 19.4 Å². The summed E-state index contributed by atoms with van der Waals surface area (Å²) in [4.78, 5) is 7.20. The summed E-state index contributed by atoms with van der Waals surface area (Å²) in [6.45, 7) is 1.44. The van der Waals surface area contributed by atoms with Crippen LogP contribution in [0.25, 0.3) is 0 Å². The number of phenols is 2. The Balaban J connectivity index is 1.69. The SMILES string of the molecule is Oc1ccc(CNCCCc2ncc[nH]2)c(O)c1. The maximum atomic E-state index is 9.58. The highest BCUT2D eigenvalue weighted by molar-refractivity contribution is 5.38. The van der Waals surface area contributed by atoms with Crippen LogP contribution in [-0.4, -0.2) is 26.7 Å². The van der Waals surface area contributed by atoms with Crippen molar-refractivity contribution in [2.75, 3.05) is 6.54 Å². The molecule has 0 aliphatic rings. The highest BCUT2D eigenvalue weighted by atomic mass is 16.3. The predicted molar refractivity (Wildman–Crippen MR) is 68.4 cm³/mol. The third-order valence-corrected chi connectivity index (χ3v) is 2.71. The molecule has 0 atom stereocenters. The molecular formula is C13H17N3O2. The largest absolute Gasteiger partial charge is 0.508 e. The van der Waals surface area contributed by atoms with Crippen molar-refractivity contribution in [3.63, 3.8) is 0 Å². The number of aromatic nitrogens is 2. The third-order valence-electron chi connectivity index (χ3n) is 2.71. The quantitative estimate of drug-likeness (QED) is 0.584. The number of nitrogens with zero attached hydrogens (tertiary/aromatic N) is 1. The van der Waals surface area contributed by atoms with Crippen LogP contribution in [0.15, 0.2) is 30.6 Å². The molecule has 2 rings (SSSR count). The minimum absolute atomic E-state index is 0.0778. The van der Waals surface area contributed by atoms with Gasteiger partial charge in [-0.25, -0.2) is 4.98 Å². The Morgan fingerprint density at radius 3 is 2.89 bits per heavy atom. The van der Waals surface area contributed by atoms with Gasteiger partial charge in [-0.3, -0.25) is 0 Å². The summed E-state index contributed by atoms with van der Waals surface area (Å²) < 4.78 is 0. The Morgan fingerprint density at radius 1 is 1.28 bits per heavy atom. The van der Waals surface area contributed by atoms with Gasteiger partial charge in [0.15, 0.2) is 0 Å². The minimum atomic E-state index is 0.0778. The third kappa shape index (κ3) is 3.49. The lowest BCUT2D eigenvalue weighted by atomic mass is 10.2. The summed E-state index contributed by atoms with van der Waals surface area (Å²) in [6.07, 6.45) is 5.45. The molecule has 0 unspecified atom stereocenters. The molecule has 0 bridgehead atoms. The van der Waals surface area contributed by atoms with Crippen LogP contribution in [0.3, 0.4) is 0 Å². The fourth-order valence-electron chi connectivity index (χ4n) is 1.74. The number of aromatic amines is 1. The van der Waals surface area contributed by atoms with Crippen LogP contribution in [0.2, 0.25) is 0 Å². The molecule has 0 amide bonds. The van der Waals surface area contributed by atoms with E-state index in [4.69, 9.17) is 5.11 Å². The van der Waals surface area contributed by atoms with Gasteiger partial charge in [-0.15, -0.1) is 0 Å². The number of benzene rings is 1. The molecule has 0 spiro atoms. The van der Waals surface area contributed by atoms with E-state index in [9.17, 15) is 5.11 Å². The molecule has 5 nitrogen and oxygen atoms in total. The van der Waals surface area contributed by atoms with Crippen LogP contribution in [0, 0.1) is 0 Å². The molecule has 5 heteroatoms. The van der Waals surface area contributed by atoms with E-state index in [1.165, 1.54) is 6.07 Å². The standard InChI is InChI=1S/C13H17N3O2/c17-11-4-3-10(12(18)8-11)9-14-5-1-2-13-15-6-7-16-13/h3-4,6-8,14,17-18H,1-2,5,9H2,(H,15,16). The van der Waals surface area contributed by atoms with Gasteiger partial charge in [-0.05, 0) is 19.0 Å². The van der Waals surface area contributed by atoms with E-state index in [0.29, 0.717) is 6.54 Å². The van der Waals surface area contributed by atoms with Crippen molar-refractivity contribution in [3.05, 3.63) is 42.0 Å². The number of aryl methyl sites for hydroxylation is 1. The van der Waals surface area contributed by atoms with Crippen LogP contribution >= 0.6 is 0 Å². The van der Waals surface area contributed by atoms with Gasteiger partial charge in [0.2, 0.25) is 0 Å². The Hall–Kier alpha value is -2.01. The average Bonchev–Trinajstić information content (AvgIpc) is 2.84. The maximum Gasteiger partial charge on any atom is 0.123 e. The van der Waals surface area contributed by atoms with E-state index < -0.39 is 0 Å². The molecule has 0 fully saturated rings. The lowest BCUT2D eigenvalue weighted by Crippen LogP contribution is -2.15. The molecule has 0 aliphatic heterocycles. The van der Waals surface area contributed by atoms with Gasteiger partial charge in [-0.2, -0.15) is 0 Å². The first kappa shape index (κ1) is 12.4. The van der Waals surface area contributed by atoms with E-state index in [1.54, 1.807) is 18.3 Å². The first-order valence-corrected chi connectivity index (χ1v) is 5.95. The summed E-state index contributed by atoms with van der Waals surface area (Å²) in [5, 5.41) is 22.0. The molecule has 0 aliphatic carbocycles. The van der Waals surface area contributed by atoms with Crippen LogP contribution in [-0.2, 0) is 13.0 Å². The molecule has 0 saturated heterocycles. The second-order valence-corrected chi connectivity index (χ2v) is 4.13. The van der Waals surface area contributed by atoms with E-state index >= 15 is 0 Å². The van der Waals surface area contributed by atoms with Crippen LogP contribution < -0.4 is 5.32 Å². The summed E-state index contributed by atoms with van der Waals surface area (Å²) in [5.41, 5.74) is 0.783. The van der Waals surface area contributed by atoms with Crippen molar-refractivity contribution < 1.29 is 10.2 Å². The zero-order chi connectivity index (χ0) is 12.8. The number of hydrogen-bond acceptors (Lipinski definition) is 4. The van der Waals surface area contributed by atoms with Crippen molar-refractivity contribution in [2.24, 2.45) is 0 Å². The molecule has 4 N–H and O–H groups in total. The molecular weight excluding hydrogens is 230 g/mol. The number of hydrogen-bond donors (Lipinski definition) is 4. The monoisotopic (exact) mass is 247 g/mol. The van der Waals surface area contributed by atoms with Crippen molar-refractivity contribution in [1.29, 1.82) is 0 Å². The topological polar surface area (TPSA) is 81.2 Å². The van der Waals surface area contributed by atoms with E-state index in [1.807, 2.05) is 6.20 Å². The number of nitrogens with one attached hydrogen (secondary N) is 2. The molecule has 96 valence electrons. The van der Waals surface area contributed by atoms with Gasteiger partial charge in [0, 0.05) is 37.0 Å². The summed E-state index contributed by atoms with van der Waals surface area (Å²) >= 11 is 0. The lowest BCUT2D eigenvalue weighted by molar-refractivity contribution is 0.443. The van der Waals surface area contributed by atoms with Gasteiger partial charge in [0.25, 0.3) is 0 Å². The Labute approximate surface area is 106 Å². The van der Waals surface area contributed by atoms with Gasteiger partial charge >= 0.3 is 0 Å². The van der Waals surface area contributed by atoms with Crippen LogP contribution in [0.1, 0.15) is 17.8 Å². The smallest absolute Gasteiger partial charge is 0.123 e. The van der Waals surface area contributed by atoms with Crippen molar-refractivity contribution >= 4 is 0 Å². The van der Waals surface area contributed by atoms with Gasteiger partial charge in [-0.1, -0.05) is 6.07 Å². The fourth-order valence-corrected chi connectivity index (χ4v) is 1.74. The molecule has 0 radical (unpaired) electrons. The zero-order valence-corrected chi connectivity index (χ0v) is 10.1. The summed E-state index contributed by atoms with van der Waals surface area (Å²) in [7, 11) is 0. The van der Waals surface area contributed by atoms with E-state index in [2.05, 4.69) is 15.3 Å². The van der Waals surface area contributed by atoms with Crippen LogP contribution in [0.5, 0.6) is 11.5 Å². The summed E-state index contributed by atoms with van der Waals surface area (Å²) in [6, 6.07) is 4.63. The second-order valence-electron chi connectivity index (χ2n) is 4.13. The normalized spacial score (nSPS) is 10.7. The first-order valence-electron chi connectivity index (χ1n) is 5.95. The Morgan fingerprint density at radius 2 is 2.17 bits per heavy atom. The highest BCUT2D eigenvalue weighted by Gasteiger charge is 2.01. The van der Waals surface area contributed by atoms with Crippen molar-refractivity contribution in [1.82, 2.24) is 15.3 Å². The lowest BCUT2D eigenvalue weighted by Gasteiger charge is -2.06. The maximum absolute atomic E-state index is 9.58. The first-order chi connectivity index (χ1) is 8.75. The second kappa shape index (κ2) is 6.07. The number of aromatic hydroxyl groups is 2. The molecule has 1 aromatic heterocycles. The van der Waals surface area contributed by atoms with Gasteiger partial charge in [0.05, 0.1) is 0 Å². The number of rotatable bonds is 6. The highest BCUT2D eigenvalue weighted by Crippen LogP contribution is 2.22. The Bertz CT molecular complexity index is 483. The molecule has 1 aromatic carbocycles. The molecule has 2 aromatic rings. The van der Waals surface area contributed by atoms with E-state index in [-0.39, 0.29) is 11.5 Å². The molecule has 1 heterocycles. The van der Waals surface area contributed by atoms with Crippen molar-refractivity contribution in [3.8, 4) is 11.5 Å². The van der Waals surface area contributed by atoms with Gasteiger partial charge in [0.1, 0.15) is 17.3 Å². The van der Waals surface area contributed by atoms with Gasteiger partial charge < -0.3 is 20.5 Å². The molecule has 0 saturated carbocycles. The molecule has 18 heavy (non-hydrogen) atoms. The predicted octanol–water partition coefficient (Wildman–Crippen LogP) is 1.54. The van der Waals surface area contributed by atoms with Crippen LogP contribution in [0.4, 0.5) is 0 Å². The Kier molecular flexibility index (Phi) is 4.20. The summed E-state index contributed by atoms with van der Waals surface area (Å²) in [5.74, 6) is 1.19. The fraction of sp³-hybridized carbons (Fsp3) is 0.308. The zero-order valence-electron chi connectivity index (χ0n) is 10.1. The minimum Gasteiger partial charge on any atom is -0.508 e. The van der Waals surface area contributed by atoms with E-state index in [0.717, 1.165) is 30.8 Å². The average molecular weight is 247 g/mol. The number of imidazole rings is 1. The number of H-pyrrole nitrogens is 1.